The zero-order valence-corrected chi connectivity index (χ0v) is 12.4. The van der Waals surface area contributed by atoms with E-state index >= 15 is 0 Å². The molecular weight excluding hydrogens is 284 g/mol. The van der Waals surface area contributed by atoms with Crippen LogP contribution in [0.4, 0.5) is 5.82 Å². The lowest BCUT2D eigenvalue weighted by molar-refractivity contribution is 0.112. The zero-order valence-electron chi connectivity index (χ0n) is 11.6. The minimum Gasteiger partial charge on any atom is -0.357 e. The molecule has 21 heavy (non-hydrogen) atoms. The van der Waals surface area contributed by atoms with E-state index in [0.29, 0.717) is 17.3 Å². The van der Waals surface area contributed by atoms with Crippen molar-refractivity contribution in [3.63, 3.8) is 0 Å². The summed E-state index contributed by atoms with van der Waals surface area (Å²) in [6, 6.07) is 6.67. The van der Waals surface area contributed by atoms with Crippen molar-refractivity contribution in [3.8, 4) is 10.6 Å². The number of anilines is 1. The molecule has 0 aromatic carbocycles. The van der Waals surface area contributed by atoms with Crippen molar-refractivity contribution >= 4 is 29.1 Å². The number of aldehydes is 1. The topological polar surface area (TPSA) is 50.5 Å². The van der Waals surface area contributed by atoms with Crippen LogP contribution in [0, 0.1) is 0 Å². The van der Waals surface area contributed by atoms with Gasteiger partial charge in [0.25, 0.3) is 0 Å². The number of aromatic nitrogens is 3. The highest BCUT2D eigenvalue weighted by atomic mass is 32.1. The molecule has 0 amide bonds. The van der Waals surface area contributed by atoms with Gasteiger partial charge in [0.1, 0.15) is 5.82 Å². The lowest BCUT2D eigenvalue weighted by Crippen LogP contribution is -2.22. The smallest absolute Gasteiger partial charge is 0.168 e. The Hall–Kier alpha value is -2.21. The number of fused-ring (bicyclic) bond motifs is 1. The lowest BCUT2D eigenvalue weighted by Gasteiger charge is -2.20. The van der Waals surface area contributed by atoms with E-state index < -0.39 is 0 Å². The van der Waals surface area contributed by atoms with E-state index in [9.17, 15) is 4.79 Å². The van der Waals surface area contributed by atoms with Gasteiger partial charge in [0, 0.05) is 19.2 Å². The average molecular weight is 298 g/mol. The molecule has 3 aromatic heterocycles. The van der Waals surface area contributed by atoms with Crippen molar-refractivity contribution in [2.45, 2.75) is 18.9 Å². The molecule has 106 valence electrons. The molecule has 0 saturated heterocycles. The van der Waals surface area contributed by atoms with Crippen LogP contribution in [0.5, 0.6) is 0 Å². The third-order valence-corrected chi connectivity index (χ3v) is 4.73. The Bertz CT molecular complexity index is 805. The largest absolute Gasteiger partial charge is 0.357 e. The normalized spacial score (nSPS) is 14.5. The van der Waals surface area contributed by atoms with Crippen molar-refractivity contribution < 1.29 is 4.79 Å². The number of rotatable bonds is 4. The molecule has 0 bridgehead atoms. The second kappa shape index (κ2) is 4.66. The van der Waals surface area contributed by atoms with Crippen LogP contribution in [-0.4, -0.2) is 34.0 Å². The third kappa shape index (κ3) is 2.03. The van der Waals surface area contributed by atoms with Gasteiger partial charge < -0.3 is 4.90 Å². The predicted octanol–water partition coefficient (Wildman–Crippen LogP) is 2.87. The van der Waals surface area contributed by atoms with Crippen molar-refractivity contribution in [2.24, 2.45) is 0 Å². The zero-order chi connectivity index (χ0) is 14.4. The number of carbonyl (C=O) groups excluding carboxylic acids is 1. The van der Waals surface area contributed by atoms with E-state index in [2.05, 4.69) is 28.1 Å². The monoisotopic (exact) mass is 298 g/mol. The Morgan fingerprint density at radius 3 is 3.00 bits per heavy atom. The summed E-state index contributed by atoms with van der Waals surface area (Å²) in [4.78, 5) is 19.2. The molecule has 1 fully saturated rings. The number of nitrogens with zero attached hydrogens (tertiary/aromatic N) is 4. The maximum Gasteiger partial charge on any atom is 0.168 e. The van der Waals surface area contributed by atoms with Crippen LogP contribution in [0.25, 0.3) is 16.2 Å². The van der Waals surface area contributed by atoms with Crippen LogP contribution >= 0.6 is 11.3 Å². The molecule has 0 radical (unpaired) electrons. The van der Waals surface area contributed by atoms with Gasteiger partial charge in [-0.05, 0) is 24.3 Å². The first-order valence-corrected chi connectivity index (χ1v) is 7.76. The average Bonchev–Trinajstić information content (AvgIpc) is 3.05. The SMILES string of the molecule is CN(c1cc(-c2cccs2)nc2c(C=O)cnn12)C1CC1. The molecule has 1 aliphatic rings. The van der Waals surface area contributed by atoms with Gasteiger partial charge in [-0.3, -0.25) is 4.79 Å². The Balaban J connectivity index is 1.97. The number of hydrogen-bond donors (Lipinski definition) is 0. The standard InChI is InChI=1S/C15H14N4OS/c1-18(11-4-5-11)14-7-12(13-3-2-6-21-13)17-15-10(9-20)8-16-19(14)15/h2-3,6-9,11H,4-5H2,1H3. The van der Waals surface area contributed by atoms with E-state index in [1.54, 1.807) is 22.0 Å². The molecule has 1 aliphatic carbocycles. The van der Waals surface area contributed by atoms with Crippen LogP contribution in [-0.2, 0) is 0 Å². The van der Waals surface area contributed by atoms with Crippen LogP contribution in [0.1, 0.15) is 23.2 Å². The van der Waals surface area contributed by atoms with Crippen molar-refractivity contribution in [3.05, 3.63) is 35.3 Å². The van der Waals surface area contributed by atoms with Gasteiger partial charge in [-0.15, -0.1) is 11.3 Å². The molecule has 4 rings (SSSR count). The molecule has 0 aliphatic heterocycles. The number of hydrogen-bond acceptors (Lipinski definition) is 5. The summed E-state index contributed by atoms with van der Waals surface area (Å²) in [7, 11) is 2.08. The Labute approximate surface area is 125 Å². The Morgan fingerprint density at radius 2 is 2.33 bits per heavy atom. The summed E-state index contributed by atoms with van der Waals surface area (Å²) in [5, 5.41) is 6.36. The first kappa shape index (κ1) is 12.5. The molecule has 0 spiro atoms. The van der Waals surface area contributed by atoms with E-state index in [1.807, 2.05) is 17.5 Å². The summed E-state index contributed by atoms with van der Waals surface area (Å²) >= 11 is 1.65. The summed E-state index contributed by atoms with van der Waals surface area (Å²) in [6.07, 6.45) is 4.80. The fourth-order valence-corrected chi connectivity index (χ4v) is 3.18. The lowest BCUT2D eigenvalue weighted by atomic mass is 10.3. The van der Waals surface area contributed by atoms with Crippen molar-refractivity contribution in [2.75, 3.05) is 11.9 Å². The Kier molecular flexibility index (Phi) is 2.78. The Morgan fingerprint density at radius 1 is 1.48 bits per heavy atom. The molecule has 6 heteroatoms. The van der Waals surface area contributed by atoms with Crippen LogP contribution in [0.2, 0.25) is 0 Å². The quantitative estimate of drug-likeness (QED) is 0.695. The maximum atomic E-state index is 11.2. The molecule has 0 unspecified atom stereocenters. The molecule has 3 heterocycles. The highest BCUT2D eigenvalue weighted by Crippen LogP contribution is 2.33. The fourth-order valence-electron chi connectivity index (χ4n) is 2.50. The van der Waals surface area contributed by atoms with E-state index in [0.717, 1.165) is 22.7 Å². The van der Waals surface area contributed by atoms with Gasteiger partial charge in [-0.2, -0.15) is 9.61 Å². The summed E-state index contributed by atoms with van der Waals surface area (Å²) in [5.41, 5.74) is 2.04. The highest BCUT2D eigenvalue weighted by Gasteiger charge is 2.28. The highest BCUT2D eigenvalue weighted by molar-refractivity contribution is 7.13. The van der Waals surface area contributed by atoms with Crippen LogP contribution in [0.3, 0.4) is 0 Å². The van der Waals surface area contributed by atoms with Gasteiger partial charge in [-0.1, -0.05) is 6.07 Å². The van der Waals surface area contributed by atoms with Crippen LogP contribution < -0.4 is 4.90 Å². The van der Waals surface area contributed by atoms with Crippen molar-refractivity contribution in [1.82, 2.24) is 14.6 Å². The van der Waals surface area contributed by atoms with Crippen LogP contribution in [0.15, 0.2) is 29.8 Å². The fraction of sp³-hybridized carbons (Fsp3) is 0.267. The summed E-state index contributed by atoms with van der Waals surface area (Å²) < 4.78 is 1.76. The van der Waals surface area contributed by atoms with E-state index in [4.69, 9.17) is 0 Å². The molecular formula is C15H14N4OS. The number of thiophene rings is 1. The van der Waals surface area contributed by atoms with Gasteiger partial charge in [-0.25, -0.2) is 4.98 Å². The molecule has 5 nitrogen and oxygen atoms in total. The van der Waals surface area contributed by atoms with Gasteiger partial charge in [0.2, 0.25) is 0 Å². The van der Waals surface area contributed by atoms with Crippen molar-refractivity contribution in [1.29, 1.82) is 0 Å². The molecule has 0 atom stereocenters. The van der Waals surface area contributed by atoms with Gasteiger partial charge >= 0.3 is 0 Å². The second-order valence-electron chi connectivity index (χ2n) is 5.27. The minimum atomic E-state index is 0.527. The van der Waals surface area contributed by atoms with Gasteiger partial charge in [0.05, 0.1) is 22.3 Å². The predicted molar refractivity (Wildman–Crippen MR) is 83.1 cm³/mol. The summed E-state index contributed by atoms with van der Waals surface area (Å²) in [6.45, 7) is 0. The minimum absolute atomic E-state index is 0.527. The first-order valence-electron chi connectivity index (χ1n) is 6.88. The third-order valence-electron chi connectivity index (χ3n) is 3.84. The van der Waals surface area contributed by atoms with E-state index in [1.165, 1.54) is 12.8 Å². The second-order valence-corrected chi connectivity index (χ2v) is 6.22. The number of carbonyl (C=O) groups is 1. The summed E-state index contributed by atoms with van der Waals surface area (Å²) in [5.74, 6) is 0.985. The molecule has 3 aromatic rings. The van der Waals surface area contributed by atoms with Gasteiger partial charge in [0.15, 0.2) is 11.9 Å². The van der Waals surface area contributed by atoms with E-state index in [-0.39, 0.29) is 0 Å². The molecule has 1 saturated carbocycles. The first-order chi connectivity index (χ1) is 10.3. The maximum absolute atomic E-state index is 11.2. The molecule has 0 N–H and O–H groups in total.